The SMILES string of the molecule is CCN(CC)CC(OC(=O)c1ccncc1)c1ccccc1. The molecule has 0 N–H and O–H groups in total. The minimum atomic E-state index is -0.316. The van der Waals surface area contributed by atoms with Crippen molar-refractivity contribution in [3.05, 3.63) is 66.0 Å². The van der Waals surface area contributed by atoms with Gasteiger partial charge in [-0.3, -0.25) is 9.88 Å². The Hall–Kier alpha value is -2.20. The van der Waals surface area contributed by atoms with Crippen LogP contribution in [0.1, 0.15) is 35.9 Å². The van der Waals surface area contributed by atoms with E-state index in [2.05, 4.69) is 23.7 Å². The predicted molar refractivity (Wildman–Crippen MR) is 86.6 cm³/mol. The van der Waals surface area contributed by atoms with Crippen LogP contribution in [0.15, 0.2) is 54.9 Å². The van der Waals surface area contributed by atoms with Gasteiger partial charge >= 0.3 is 5.97 Å². The second kappa shape index (κ2) is 8.29. The van der Waals surface area contributed by atoms with Crippen LogP contribution in [0.3, 0.4) is 0 Å². The van der Waals surface area contributed by atoms with Crippen LogP contribution in [0.5, 0.6) is 0 Å². The molecule has 0 aliphatic carbocycles. The molecule has 0 bridgehead atoms. The first-order valence-electron chi connectivity index (χ1n) is 7.62. The molecule has 22 heavy (non-hydrogen) atoms. The highest BCUT2D eigenvalue weighted by Crippen LogP contribution is 2.20. The topological polar surface area (TPSA) is 42.4 Å². The van der Waals surface area contributed by atoms with Gasteiger partial charge in [-0.25, -0.2) is 4.79 Å². The molecule has 2 rings (SSSR count). The zero-order valence-corrected chi connectivity index (χ0v) is 13.1. The standard InChI is InChI=1S/C18H22N2O2/c1-3-20(4-2)14-17(15-8-6-5-7-9-15)22-18(21)16-10-12-19-13-11-16/h5-13,17H,3-4,14H2,1-2H3. The number of rotatable bonds is 7. The van der Waals surface area contributed by atoms with Crippen LogP contribution in [0.4, 0.5) is 0 Å². The molecule has 0 saturated heterocycles. The van der Waals surface area contributed by atoms with E-state index in [1.807, 2.05) is 30.3 Å². The fourth-order valence-electron chi connectivity index (χ4n) is 2.28. The molecule has 0 fully saturated rings. The number of ether oxygens (including phenoxy) is 1. The number of aromatic nitrogens is 1. The molecule has 0 saturated carbocycles. The number of hydrogen-bond donors (Lipinski definition) is 0. The summed E-state index contributed by atoms with van der Waals surface area (Å²) in [5, 5.41) is 0. The second-order valence-electron chi connectivity index (χ2n) is 5.03. The maximum Gasteiger partial charge on any atom is 0.338 e. The van der Waals surface area contributed by atoms with E-state index in [1.54, 1.807) is 24.5 Å². The summed E-state index contributed by atoms with van der Waals surface area (Å²) in [4.78, 5) is 18.5. The summed E-state index contributed by atoms with van der Waals surface area (Å²) in [5.41, 5.74) is 1.53. The third-order valence-electron chi connectivity index (χ3n) is 3.66. The second-order valence-corrected chi connectivity index (χ2v) is 5.03. The highest BCUT2D eigenvalue weighted by Gasteiger charge is 2.20. The Morgan fingerprint density at radius 3 is 2.32 bits per heavy atom. The number of likely N-dealkylation sites (N-methyl/N-ethyl adjacent to an activating group) is 1. The molecule has 4 nitrogen and oxygen atoms in total. The summed E-state index contributed by atoms with van der Waals surface area (Å²) >= 11 is 0. The minimum absolute atomic E-state index is 0.276. The number of carbonyl (C=O) groups excluding carboxylic acids is 1. The summed E-state index contributed by atoms with van der Waals surface area (Å²) < 4.78 is 5.75. The number of esters is 1. The van der Waals surface area contributed by atoms with Gasteiger partial charge in [0, 0.05) is 18.9 Å². The highest BCUT2D eigenvalue weighted by atomic mass is 16.5. The van der Waals surface area contributed by atoms with Crippen molar-refractivity contribution in [3.8, 4) is 0 Å². The Morgan fingerprint density at radius 1 is 1.09 bits per heavy atom. The van der Waals surface area contributed by atoms with Gasteiger partial charge in [0.25, 0.3) is 0 Å². The quantitative estimate of drug-likeness (QED) is 0.735. The Bertz CT molecular complexity index is 568. The van der Waals surface area contributed by atoms with Crippen LogP contribution in [-0.4, -0.2) is 35.5 Å². The smallest absolute Gasteiger partial charge is 0.338 e. The summed E-state index contributed by atoms with van der Waals surface area (Å²) in [6, 6.07) is 13.2. The Balaban J connectivity index is 2.16. The van der Waals surface area contributed by atoms with E-state index in [0.717, 1.165) is 18.7 Å². The zero-order valence-electron chi connectivity index (χ0n) is 13.1. The van der Waals surface area contributed by atoms with Crippen LogP contribution in [0.25, 0.3) is 0 Å². The molecule has 116 valence electrons. The normalized spacial score (nSPS) is 12.1. The summed E-state index contributed by atoms with van der Waals surface area (Å²) in [6.07, 6.45) is 2.92. The van der Waals surface area contributed by atoms with Crippen molar-refractivity contribution in [3.63, 3.8) is 0 Å². The lowest BCUT2D eigenvalue weighted by Gasteiger charge is -2.25. The summed E-state index contributed by atoms with van der Waals surface area (Å²) in [7, 11) is 0. The van der Waals surface area contributed by atoms with E-state index < -0.39 is 0 Å². The van der Waals surface area contributed by atoms with Crippen LogP contribution in [-0.2, 0) is 4.74 Å². The van der Waals surface area contributed by atoms with E-state index in [-0.39, 0.29) is 12.1 Å². The lowest BCUT2D eigenvalue weighted by atomic mass is 10.1. The average Bonchev–Trinajstić information content (AvgIpc) is 2.60. The summed E-state index contributed by atoms with van der Waals surface area (Å²) in [5.74, 6) is -0.316. The van der Waals surface area contributed by atoms with E-state index >= 15 is 0 Å². The molecule has 1 aromatic carbocycles. The molecule has 0 spiro atoms. The van der Waals surface area contributed by atoms with Crippen LogP contribution < -0.4 is 0 Å². The first-order chi connectivity index (χ1) is 10.7. The first kappa shape index (κ1) is 16.2. The van der Waals surface area contributed by atoms with Gasteiger partial charge in [-0.15, -0.1) is 0 Å². The van der Waals surface area contributed by atoms with Gasteiger partial charge < -0.3 is 4.74 Å². The number of benzene rings is 1. The van der Waals surface area contributed by atoms with E-state index in [4.69, 9.17) is 4.74 Å². The van der Waals surface area contributed by atoms with Gasteiger partial charge in [0.1, 0.15) is 6.10 Å². The van der Waals surface area contributed by atoms with Gasteiger partial charge in [0.2, 0.25) is 0 Å². The minimum Gasteiger partial charge on any atom is -0.453 e. The molecule has 1 unspecified atom stereocenters. The molecule has 1 atom stereocenters. The highest BCUT2D eigenvalue weighted by molar-refractivity contribution is 5.89. The number of hydrogen-bond acceptors (Lipinski definition) is 4. The van der Waals surface area contributed by atoms with Crippen LogP contribution in [0.2, 0.25) is 0 Å². The van der Waals surface area contributed by atoms with E-state index in [1.165, 1.54) is 0 Å². The van der Waals surface area contributed by atoms with Crippen molar-refractivity contribution in [1.29, 1.82) is 0 Å². The van der Waals surface area contributed by atoms with Gasteiger partial charge in [-0.05, 0) is 30.8 Å². The molecule has 0 radical (unpaired) electrons. The molecule has 0 amide bonds. The average molecular weight is 298 g/mol. The molecular weight excluding hydrogens is 276 g/mol. The van der Waals surface area contributed by atoms with Crippen molar-refractivity contribution in [2.75, 3.05) is 19.6 Å². The fourth-order valence-corrected chi connectivity index (χ4v) is 2.28. The fraction of sp³-hybridized carbons (Fsp3) is 0.333. The van der Waals surface area contributed by atoms with Gasteiger partial charge in [-0.2, -0.15) is 0 Å². The van der Waals surface area contributed by atoms with Crippen molar-refractivity contribution >= 4 is 5.97 Å². The van der Waals surface area contributed by atoms with Crippen LogP contribution in [0, 0.1) is 0 Å². The third-order valence-corrected chi connectivity index (χ3v) is 3.66. The molecular formula is C18H22N2O2. The lowest BCUT2D eigenvalue weighted by Crippen LogP contribution is -2.30. The van der Waals surface area contributed by atoms with Crippen molar-refractivity contribution in [1.82, 2.24) is 9.88 Å². The predicted octanol–water partition coefficient (Wildman–Crippen LogP) is 3.32. The number of carbonyl (C=O) groups is 1. The number of nitrogens with zero attached hydrogens (tertiary/aromatic N) is 2. The van der Waals surface area contributed by atoms with Crippen LogP contribution >= 0.6 is 0 Å². The molecule has 0 aliphatic rings. The van der Waals surface area contributed by atoms with Crippen molar-refractivity contribution in [2.45, 2.75) is 20.0 Å². The zero-order chi connectivity index (χ0) is 15.8. The first-order valence-corrected chi connectivity index (χ1v) is 7.62. The Kier molecular flexibility index (Phi) is 6.10. The number of pyridine rings is 1. The Labute approximate surface area is 131 Å². The largest absolute Gasteiger partial charge is 0.453 e. The molecule has 4 heteroatoms. The molecule has 1 heterocycles. The maximum absolute atomic E-state index is 12.3. The van der Waals surface area contributed by atoms with Gasteiger partial charge in [0.05, 0.1) is 5.56 Å². The lowest BCUT2D eigenvalue weighted by molar-refractivity contribution is 0.0204. The summed E-state index contributed by atoms with van der Waals surface area (Å²) in [6.45, 7) is 6.75. The van der Waals surface area contributed by atoms with Crippen molar-refractivity contribution < 1.29 is 9.53 Å². The van der Waals surface area contributed by atoms with Crippen molar-refractivity contribution in [2.24, 2.45) is 0 Å². The third kappa shape index (κ3) is 4.40. The Morgan fingerprint density at radius 2 is 1.73 bits per heavy atom. The van der Waals surface area contributed by atoms with Gasteiger partial charge in [0.15, 0.2) is 0 Å². The van der Waals surface area contributed by atoms with Gasteiger partial charge in [-0.1, -0.05) is 44.2 Å². The van der Waals surface area contributed by atoms with E-state index in [9.17, 15) is 4.79 Å². The monoisotopic (exact) mass is 298 g/mol. The molecule has 1 aromatic heterocycles. The molecule has 2 aromatic rings. The maximum atomic E-state index is 12.3. The molecule has 0 aliphatic heterocycles. The van der Waals surface area contributed by atoms with E-state index in [0.29, 0.717) is 12.1 Å².